The Bertz CT molecular complexity index is 3890. The van der Waals surface area contributed by atoms with Crippen LogP contribution in [-0.2, 0) is 16.2 Å². The summed E-state index contributed by atoms with van der Waals surface area (Å²) in [4.78, 5) is 2.61. The van der Waals surface area contributed by atoms with Crippen LogP contribution in [-0.4, -0.2) is 11.3 Å². The SMILES string of the molecule is CC(C)(C)c1ccc(N2c3c(oc4cc5c(cc34)C(C)(C)CCC5(C)C)B3c4c(cc5oc6ccccc6c5c42)-c2cccc4c5ccc6ccccc6c5n3c24)c(-c2ccccc2)c1. The van der Waals surface area contributed by atoms with E-state index in [4.69, 9.17) is 8.83 Å². The number of hydrogen-bond acceptors (Lipinski definition) is 3. The lowest BCUT2D eigenvalue weighted by Crippen LogP contribution is -2.56. The first-order valence-corrected chi connectivity index (χ1v) is 23.4. The van der Waals surface area contributed by atoms with Gasteiger partial charge in [-0.2, -0.15) is 0 Å². The molecule has 65 heavy (non-hydrogen) atoms. The summed E-state index contributed by atoms with van der Waals surface area (Å²) < 4.78 is 17.4. The number of furan rings is 2. The van der Waals surface area contributed by atoms with Crippen LogP contribution in [0.5, 0.6) is 0 Å². The molecule has 0 amide bonds. The second-order valence-electron chi connectivity index (χ2n) is 21.5. The summed E-state index contributed by atoms with van der Waals surface area (Å²) in [6, 6.07) is 54.5. The summed E-state index contributed by atoms with van der Waals surface area (Å²) in [6.45, 7) is 16.4. The molecule has 14 rings (SSSR count). The van der Waals surface area contributed by atoms with Crippen molar-refractivity contribution in [2.24, 2.45) is 0 Å². The highest BCUT2D eigenvalue weighted by Gasteiger charge is 2.49. The summed E-state index contributed by atoms with van der Waals surface area (Å²) in [6.07, 6.45) is 2.26. The Hall–Kier alpha value is -6.98. The highest BCUT2D eigenvalue weighted by Crippen LogP contribution is 2.55. The average molecular weight is 841 g/mol. The Labute approximate surface area is 379 Å². The zero-order valence-electron chi connectivity index (χ0n) is 38.1. The summed E-state index contributed by atoms with van der Waals surface area (Å²) in [5.74, 6) is 0. The first-order valence-electron chi connectivity index (χ1n) is 23.4. The average Bonchev–Trinajstić information content (AvgIpc) is 3.99. The van der Waals surface area contributed by atoms with Crippen molar-refractivity contribution in [1.29, 1.82) is 0 Å². The second kappa shape index (κ2) is 12.4. The molecule has 314 valence electrons. The molecule has 11 aromatic rings. The molecule has 2 aliphatic heterocycles. The summed E-state index contributed by atoms with van der Waals surface area (Å²) >= 11 is 0. The van der Waals surface area contributed by atoms with Crippen LogP contribution in [0, 0.1) is 0 Å². The van der Waals surface area contributed by atoms with Gasteiger partial charge in [0.1, 0.15) is 22.4 Å². The van der Waals surface area contributed by atoms with Gasteiger partial charge in [0.05, 0.1) is 22.4 Å². The molecule has 0 fully saturated rings. The fraction of sp³-hybridized carbons (Fsp3) is 0.200. The predicted molar refractivity (Wildman–Crippen MR) is 274 cm³/mol. The highest BCUT2D eigenvalue weighted by molar-refractivity contribution is 6.90. The molecule has 0 radical (unpaired) electrons. The predicted octanol–water partition coefficient (Wildman–Crippen LogP) is 15.3. The van der Waals surface area contributed by atoms with Gasteiger partial charge in [0, 0.05) is 49.1 Å². The topological polar surface area (TPSA) is 34.5 Å². The molecule has 5 heterocycles. The first kappa shape index (κ1) is 37.4. The summed E-state index contributed by atoms with van der Waals surface area (Å²) in [7, 11) is 0. The number of rotatable bonds is 2. The lowest BCUT2D eigenvalue weighted by atomic mass is 9.47. The molecule has 0 bridgehead atoms. The summed E-state index contributed by atoms with van der Waals surface area (Å²) in [5.41, 5.74) is 19.6. The maximum atomic E-state index is 7.71. The highest BCUT2D eigenvalue weighted by atomic mass is 16.3. The molecule has 0 spiro atoms. The third-order valence-corrected chi connectivity index (χ3v) is 15.8. The van der Waals surface area contributed by atoms with E-state index in [9.17, 15) is 0 Å². The fourth-order valence-corrected chi connectivity index (χ4v) is 12.3. The van der Waals surface area contributed by atoms with Crippen LogP contribution in [0.3, 0.4) is 0 Å². The van der Waals surface area contributed by atoms with Gasteiger partial charge in [-0.1, -0.05) is 158 Å². The van der Waals surface area contributed by atoms with E-state index >= 15 is 0 Å². The zero-order chi connectivity index (χ0) is 43.9. The van der Waals surface area contributed by atoms with Gasteiger partial charge in [0.25, 0.3) is 0 Å². The molecule has 3 aliphatic rings. The number of anilines is 3. The monoisotopic (exact) mass is 840 g/mol. The fourth-order valence-electron chi connectivity index (χ4n) is 12.3. The van der Waals surface area contributed by atoms with Crippen LogP contribution >= 0.6 is 0 Å². The van der Waals surface area contributed by atoms with E-state index in [1.165, 1.54) is 77.0 Å². The standard InChI is InChI=1S/C60H49BN2O2/c1-58(2,3)36-25-27-47(42(30-36)34-16-9-8-10-17-34)62-55-44-31-45-46(60(6,7)29-28-59(45,4)5)33-49(44)65-57(55)61-52-43(32-50-51(56(52)62)41-20-13-14-23-48(41)64-50)39-22-15-21-38-40-26-24-35-18-11-12-19-37(35)53(40)63(61)54(38)39/h8-27,30-33H,28-29H2,1-7H3. The minimum absolute atomic E-state index is 0.00313. The van der Waals surface area contributed by atoms with E-state index < -0.39 is 0 Å². The van der Waals surface area contributed by atoms with Crippen molar-refractivity contribution in [1.82, 2.24) is 4.48 Å². The number of nitrogens with zero attached hydrogens (tertiary/aromatic N) is 2. The van der Waals surface area contributed by atoms with Crippen molar-refractivity contribution < 1.29 is 8.83 Å². The van der Waals surface area contributed by atoms with E-state index in [0.29, 0.717) is 0 Å². The van der Waals surface area contributed by atoms with Gasteiger partial charge < -0.3 is 18.2 Å². The Balaban J connectivity index is 1.23. The van der Waals surface area contributed by atoms with Gasteiger partial charge in [-0.15, -0.1) is 0 Å². The van der Waals surface area contributed by atoms with Crippen molar-refractivity contribution >= 4 is 101 Å². The van der Waals surface area contributed by atoms with Crippen LogP contribution in [0.15, 0.2) is 154 Å². The maximum Gasteiger partial charge on any atom is 0.376 e. The smallest absolute Gasteiger partial charge is 0.376 e. The number of hydrogen-bond donors (Lipinski definition) is 0. The van der Waals surface area contributed by atoms with E-state index in [1.807, 2.05) is 0 Å². The lowest BCUT2D eigenvalue weighted by Gasteiger charge is -2.42. The van der Waals surface area contributed by atoms with Gasteiger partial charge in [-0.05, 0) is 104 Å². The molecule has 0 saturated heterocycles. The molecule has 8 aromatic carbocycles. The van der Waals surface area contributed by atoms with Crippen molar-refractivity contribution in [2.75, 3.05) is 4.90 Å². The number of para-hydroxylation sites is 2. The van der Waals surface area contributed by atoms with Crippen LogP contribution in [0.2, 0.25) is 0 Å². The maximum absolute atomic E-state index is 7.71. The second-order valence-corrected chi connectivity index (χ2v) is 21.5. The molecule has 4 nitrogen and oxygen atoms in total. The van der Waals surface area contributed by atoms with Gasteiger partial charge >= 0.3 is 6.85 Å². The third-order valence-electron chi connectivity index (χ3n) is 15.8. The molecule has 0 atom stereocenters. The quantitative estimate of drug-likeness (QED) is 0.163. The van der Waals surface area contributed by atoms with Gasteiger partial charge in [0.2, 0.25) is 0 Å². The molecule has 3 aromatic heterocycles. The van der Waals surface area contributed by atoms with E-state index in [-0.39, 0.29) is 23.1 Å². The zero-order valence-corrected chi connectivity index (χ0v) is 38.1. The lowest BCUT2D eigenvalue weighted by molar-refractivity contribution is 0.332. The van der Waals surface area contributed by atoms with Crippen molar-refractivity contribution in [2.45, 2.75) is 77.6 Å². The molecule has 5 heteroatoms. The van der Waals surface area contributed by atoms with Crippen molar-refractivity contribution in [3.05, 3.63) is 162 Å². The van der Waals surface area contributed by atoms with E-state index in [0.717, 1.165) is 68.5 Å². The Morgan fingerprint density at radius 3 is 2.03 bits per heavy atom. The van der Waals surface area contributed by atoms with Crippen LogP contribution in [0.25, 0.3) is 87.7 Å². The molecule has 0 saturated carbocycles. The third kappa shape index (κ3) is 4.88. The van der Waals surface area contributed by atoms with Gasteiger partial charge in [-0.25, -0.2) is 0 Å². The first-order chi connectivity index (χ1) is 31.4. The van der Waals surface area contributed by atoms with Crippen LogP contribution in [0.4, 0.5) is 17.1 Å². The Morgan fingerprint density at radius 2 is 1.23 bits per heavy atom. The van der Waals surface area contributed by atoms with E-state index in [1.54, 1.807) is 0 Å². The largest absolute Gasteiger partial charge is 0.466 e. The summed E-state index contributed by atoms with van der Waals surface area (Å²) in [5, 5.41) is 8.37. The molecule has 1 aliphatic carbocycles. The van der Waals surface area contributed by atoms with Crippen molar-refractivity contribution in [3.8, 4) is 22.3 Å². The number of aromatic nitrogens is 1. The number of benzene rings is 8. The molecule has 0 unspecified atom stereocenters. The van der Waals surface area contributed by atoms with Crippen LogP contribution < -0.4 is 16.0 Å². The Morgan fingerprint density at radius 1 is 0.523 bits per heavy atom. The number of fused-ring (bicyclic) bond motifs is 16. The van der Waals surface area contributed by atoms with Crippen LogP contribution in [0.1, 0.15) is 78.0 Å². The molecular formula is C60H49BN2O2. The van der Waals surface area contributed by atoms with Crippen molar-refractivity contribution in [3.63, 3.8) is 0 Å². The van der Waals surface area contributed by atoms with Gasteiger partial charge in [-0.3, -0.25) is 0 Å². The van der Waals surface area contributed by atoms with Gasteiger partial charge in [0.15, 0.2) is 0 Å². The Kier molecular flexibility index (Phi) is 7.15. The minimum atomic E-state index is -0.274. The normalized spacial score (nSPS) is 16.0. The van der Waals surface area contributed by atoms with E-state index in [2.05, 4.69) is 203 Å². The molecule has 0 N–H and O–H groups in total. The minimum Gasteiger partial charge on any atom is -0.466 e. The molecular weight excluding hydrogens is 791 g/mol.